The number of ether oxygens (including phenoxy) is 1. The zero-order valence-electron chi connectivity index (χ0n) is 17.7. The van der Waals surface area contributed by atoms with Gasteiger partial charge in [-0.1, -0.05) is 54.2 Å². The van der Waals surface area contributed by atoms with E-state index in [2.05, 4.69) is 48.8 Å². The fraction of sp³-hybridized carbons (Fsp3) is 0.391. The fourth-order valence-corrected chi connectivity index (χ4v) is 4.70. The standard InChI is InChI=1S/C23H29N5OS/c1-26-22(19-10-4-3-5-11-19)24-25-23(26)30-17-9-15-27-14-8-16-28(18-27)20-12-6-7-13-21(20)29-2/h3-7,10-13H,8-9,14-18H2,1-2H3. The summed E-state index contributed by atoms with van der Waals surface area (Å²) in [4.78, 5) is 4.95. The van der Waals surface area contributed by atoms with Crippen molar-refractivity contribution in [2.45, 2.75) is 18.0 Å². The number of hydrogen-bond donors (Lipinski definition) is 0. The molecule has 1 aliphatic heterocycles. The minimum atomic E-state index is 0.918. The maximum atomic E-state index is 5.55. The molecule has 0 amide bonds. The SMILES string of the molecule is COc1ccccc1N1CCCN(CCCSc2nnc(-c3ccccc3)n2C)C1. The van der Waals surface area contributed by atoms with Crippen molar-refractivity contribution in [3.63, 3.8) is 0 Å². The van der Waals surface area contributed by atoms with E-state index in [0.717, 1.165) is 60.8 Å². The second kappa shape index (κ2) is 10.00. The first-order chi connectivity index (χ1) is 14.8. The first-order valence-corrected chi connectivity index (χ1v) is 11.4. The molecule has 4 rings (SSSR count). The molecular weight excluding hydrogens is 394 g/mol. The van der Waals surface area contributed by atoms with Crippen LogP contribution in [0.3, 0.4) is 0 Å². The smallest absolute Gasteiger partial charge is 0.191 e. The van der Waals surface area contributed by atoms with E-state index in [4.69, 9.17) is 4.74 Å². The monoisotopic (exact) mass is 423 g/mol. The van der Waals surface area contributed by atoms with Crippen LogP contribution in [0.5, 0.6) is 5.75 Å². The van der Waals surface area contributed by atoms with Crippen LogP contribution >= 0.6 is 11.8 Å². The Morgan fingerprint density at radius 2 is 1.80 bits per heavy atom. The van der Waals surface area contributed by atoms with E-state index >= 15 is 0 Å². The van der Waals surface area contributed by atoms with Gasteiger partial charge in [0.25, 0.3) is 0 Å². The predicted octanol–water partition coefficient (Wildman–Crippen LogP) is 4.14. The maximum absolute atomic E-state index is 5.55. The summed E-state index contributed by atoms with van der Waals surface area (Å²) in [5, 5.41) is 9.74. The number of aromatic nitrogens is 3. The van der Waals surface area contributed by atoms with Crippen LogP contribution in [0.4, 0.5) is 5.69 Å². The lowest BCUT2D eigenvalue weighted by molar-refractivity contribution is 0.241. The van der Waals surface area contributed by atoms with Gasteiger partial charge in [-0.2, -0.15) is 0 Å². The minimum absolute atomic E-state index is 0.918. The van der Waals surface area contributed by atoms with Gasteiger partial charge in [0.2, 0.25) is 0 Å². The van der Waals surface area contributed by atoms with Gasteiger partial charge in [0.15, 0.2) is 11.0 Å². The molecule has 0 unspecified atom stereocenters. The molecule has 0 aliphatic carbocycles. The van der Waals surface area contributed by atoms with Crippen LogP contribution in [0.15, 0.2) is 59.8 Å². The fourth-order valence-electron chi connectivity index (χ4n) is 3.87. The van der Waals surface area contributed by atoms with E-state index in [-0.39, 0.29) is 0 Å². The van der Waals surface area contributed by atoms with E-state index in [9.17, 15) is 0 Å². The van der Waals surface area contributed by atoms with Gasteiger partial charge in [-0.05, 0) is 25.0 Å². The lowest BCUT2D eigenvalue weighted by Crippen LogP contribution is -2.45. The lowest BCUT2D eigenvalue weighted by Gasteiger charge is -2.37. The summed E-state index contributed by atoms with van der Waals surface area (Å²) in [6, 6.07) is 18.5. The zero-order valence-corrected chi connectivity index (χ0v) is 18.5. The molecule has 2 heterocycles. The molecule has 0 atom stereocenters. The minimum Gasteiger partial charge on any atom is -0.495 e. The molecular formula is C23H29N5OS. The number of thioether (sulfide) groups is 1. The van der Waals surface area contributed by atoms with Gasteiger partial charge >= 0.3 is 0 Å². The van der Waals surface area contributed by atoms with Crippen LogP contribution in [0, 0.1) is 0 Å². The van der Waals surface area contributed by atoms with Crippen LogP contribution in [-0.4, -0.2) is 58.8 Å². The Bertz CT molecular complexity index is 946. The number of hydrogen-bond acceptors (Lipinski definition) is 6. The first kappa shape index (κ1) is 20.8. The average Bonchev–Trinajstić information content (AvgIpc) is 3.17. The predicted molar refractivity (Wildman–Crippen MR) is 123 cm³/mol. The average molecular weight is 424 g/mol. The zero-order chi connectivity index (χ0) is 20.8. The Morgan fingerprint density at radius 1 is 1.00 bits per heavy atom. The Morgan fingerprint density at radius 3 is 2.63 bits per heavy atom. The van der Waals surface area contributed by atoms with E-state index in [0.29, 0.717) is 0 Å². The summed E-state index contributed by atoms with van der Waals surface area (Å²) >= 11 is 1.78. The van der Waals surface area contributed by atoms with Crippen LogP contribution in [-0.2, 0) is 7.05 Å². The molecule has 1 fully saturated rings. The van der Waals surface area contributed by atoms with Crippen molar-refractivity contribution < 1.29 is 4.74 Å². The number of benzene rings is 2. The second-order valence-electron chi connectivity index (χ2n) is 7.48. The number of methoxy groups -OCH3 is 1. The first-order valence-electron chi connectivity index (χ1n) is 10.4. The topological polar surface area (TPSA) is 46.4 Å². The third-order valence-electron chi connectivity index (χ3n) is 5.42. The second-order valence-corrected chi connectivity index (χ2v) is 8.54. The molecule has 3 aromatic rings. The highest BCUT2D eigenvalue weighted by Crippen LogP contribution is 2.29. The molecule has 1 aromatic heterocycles. The summed E-state index contributed by atoms with van der Waals surface area (Å²) < 4.78 is 7.64. The number of para-hydroxylation sites is 2. The van der Waals surface area contributed by atoms with E-state index in [1.807, 2.05) is 37.4 Å². The Hall–Kier alpha value is -2.51. The molecule has 0 N–H and O–H groups in total. The molecule has 6 nitrogen and oxygen atoms in total. The van der Waals surface area contributed by atoms with E-state index < -0.39 is 0 Å². The van der Waals surface area contributed by atoms with E-state index in [1.54, 1.807) is 18.9 Å². The van der Waals surface area contributed by atoms with Gasteiger partial charge in [0.1, 0.15) is 5.75 Å². The molecule has 2 aromatic carbocycles. The summed E-state index contributed by atoms with van der Waals surface area (Å²) in [7, 11) is 3.79. The Balaban J connectivity index is 1.27. The highest BCUT2D eigenvalue weighted by molar-refractivity contribution is 7.99. The highest BCUT2D eigenvalue weighted by atomic mass is 32.2. The summed E-state index contributed by atoms with van der Waals surface area (Å²) in [5.41, 5.74) is 2.29. The van der Waals surface area contributed by atoms with Crippen molar-refractivity contribution in [2.24, 2.45) is 7.05 Å². The molecule has 1 aliphatic rings. The van der Waals surface area contributed by atoms with Crippen molar-refractivity contribution in [2.75, 3.05) is 44.1 Å². The van der Waals surface area contributed by atoms with Crippen LogP contribution in [0.25, 0.3) is 11.4 Å². The van der Waals surface area contributed by atoms with Gasteiger partial charge in [-0.25, -0.2) is 0 Å². The number of nitrogens with zero attached hydrogens (tertiary/aromatic N) is 5. The highest BCUT2D eigenvalue weighted by Gasteiger charge is 2.20. The van der Waals surface area contributed by atoms with Crippen molar-refractivity contribution in [1.82, 2.24) is 19.7 Å². The van der Waals surface area contributed by atoms with Gasteiger partial charge in [-0.3, -0.25) is 4.90 Å². The Labute approximate surface area is 182 Å². The molecule has 7 heteroatoms. The normalized spacial score (nSPS) is 14.8. The van der Waals surface area contributed by atoms with Gasteiger partial charge in [0.05, 0.1) is 19.5 Å². The molecule has 158 valence electrons. The Kier molecular flexibility index (Phi) is 6.92. The van der Waals surface area contributed by atoms with Crippen LogP contribution in [0.2, 0.25) is 0 Å². The van der Waals surface area contributed by atoms with Crippen LogP contribution in [0.1, 0.15) is 12.8 Å². The largest absolute Gasteiger partial charge is 0.495 e. The van der Waals surface area contributed by atoms with Gasteiger partial charge < -0.3 is 14.2 Å². The van der Waals surface area contributed by atoms with Crippen molar-refractivity contribution >= 4 is 17.4 Å². The third-order valence-corrected chi connectivity index (χ3v) is 6.52. The third kappa shape index (κ3) is 4.79. The summed E-state index contributed by atoms with van der Waals surface area (Å²) in [6.07, 6.45) is 2.30. The van der Waals surface area contributed by atoms with Crippen LogP contribution < -0.4 is 9.64 Å². The summed E-state index contributed by atoms with van der Waals surface area (Å²) in [6.45, 7) is 4.26. The molecule has 0 saturated carbocycles. The molecule has 0 spiro atoms. The van der Waals surface area contributed by atoms with Crippen molar-refractivity contribution in [3.8, 4) is 17.1 Å². The molecule has 30 heavy (non-hydrogen) atoms. The number of rotatable bonds is 8. The van der Waals surface area contributed by atoms with Gasteiger partial charge in [0, 0.05) is 38.0 Å². The maximum Gasteiger partial charge on any atom is 0.191 e. The van der Waals surface area contributed by atoms with Crippen molar-refractivity contribution in [1.29, 1.82) is 0 Å². The molecule has 1 saturated heterocycles. The van der Waals surface area contributed by atoms with E-state index in [1.165, 1.54) is 12.1 Å². The van der Waals surface area contributed by atoms with Gasteiger partial charge in [-0.15, -0.1) is 10.2 Å². The summed E-state index contributed by atoms with van der Waals surface area (Å²) in [5.74, 6) is 2.90. The molecule has 0 radical (unpaired) electrons. The lowest BCUT2D eigenvalue weighted by atomic mass is 10.2. The molecule has 0 bridgehead atoms. The quantitative estimate of drug-likeness (QED) is 0.401. The number of anilines is 1. The van der Waals surface area contributed by atoms with Crippen molar-refractivity contribution in [3.05, 3.63) is 54.6 Å².